The third-order valence-electron chi connectivity index (χ3n) is 3.73. The maximum Gasteiger partial charge on any atom is 0.137 e. The van der Waals surface area contributed by atoms with Gasteiger partial charge < -0.3 is 5.73 Å². The number of hydrogen-bond donors (Lipinski definition) is 1. The first-order chi connectivity index (χ1) is 8.67. The van der Waals surface area contributed by atoms with Crippen LogP contribution >= 0.6 is 15.9 Å². The molecule has 1 aliphatic rings. The molecular weight excluding hydrogens is 295 g/mol. The molecule has 0 saturated carbocycles. The van der Waals surface area contributed by atoms with E-state index in [0.29, 0.717) is 23.0 Å². The predicted molar refractivity (Wildman–Crippen MR) is 75.9 cm³/mol. The molecule has 1 fully saturated rings. The molecule has 18 heavy (non-hydrogen) atoms. The molecule has 0 aliphatic carbocycles. The monoisotopic (exact) mass is 314 g/mol. The molecule has 2 atom stereocenters. The SMILES string of the molecule is CCCN1CCC(CN)C1c1ccc(F)c(Br)c1. The molecule has 2 nitrogen and oxygen atoms in total. The fourth-order valence-electron chi connectivity index (χ4n) is 2.89. The van der Waals surface area contributed by atoms with Gasteiger partial charge >= 0.3 is 0 Å². The predicted octanol–water partition coefficient (Wildman–Crippen LogP) is 3.32. The lowest BCUT2D eigenvalue weighted by atomic mass is 9.94. The van der Waals surface area contributed by atoms with E-state index in [9.17, 15) is 4.39 Å². The van der Waals surface area contributed by atoms with Crippen molar-refractivity contribution in [3.05, 3.63) is 34.1 Å². The van der Waals surface area contributed by atoms with Gasteiger partial charge in [-0.05, 0) is 72.0 Å². The van der Waals surface area contributed by atoms with Gasteiger partial charge in [0.15, 0.2) is 0 Å². The van der Waals surface area contributed by atoms with Crippen LogP contribution in [0.15, 0.2) is 22.7 Å². The van der Waals surface area contributed by atoms with Crippen LogP contribution in [0.5, 0.6) is 0 Å². The highest BCUT2D eigenvalue weighted by Gasteiger charge is 2.33. The number of benzene rings is 1. The minimum absolute atomic E-state index is 0.205. The van der Waals surface area contributed by atoms with Crippen molar-refractivity contribution < 1.29 is 4.39 Å². The average molecular weight is 315 g/mol. The molecule has 0 radical (unpaired) electrons. The molecular formula is C14H20BrFN2. The highest BCUT2D eigenvalue weighted by molar-refractivity contribution is 9.10. The molecule has 1 aromatic rings. The van der Waals surface area contributed by atoms with E-state index in [1.54, 1.807) is 0 Å². The van der Waals surface area contributed by atoms with E-state index in [1.807, 2.05) is 12.1 Å². The van der Waals surface area contributed by atoms with Gasteiger partial charge in [-0.1, -0.05) is 13.0 Å². The highest BCUT2D eigenvalue weighted by Crippen LogP contribution is 2.37. The first-order valence-electron chi connectivity index (χ1n) is 6.56. The van der Waals surface area contributed by atoms with Gasteiger partial charge in [0.25, 0.3) is 0 Å². The Kier molecular flexibility index (Phi) is 4.76. The van der Waals surface area contributed by atoms with E-state index < -0.39 is 0 Å². The Bertz CT molecular complexity index is 411. The van der Waals surface area contributed by atoms with Crippen molar-refractivity contribution in [1.82, 2.24) is 4.90 Å². The summed E-state index contributed by atoms with van der Waals surface area (Å²) in [6.07, 6.45) is 2.27. The van der Waals surface area contributed by atoms with Gasteiger partial charge in [0.05, 0.1) is 4.47 Å². The topological polar surface area (TPSA) is 29.3 Å². The summed E-state index contributed by atoms with van der Waals surface area (Å²) in [6, 6.07) is 5.67. The van der Waals surface area contributed by atoms with E-state index in [1.165, 1.54) is 11.6 Å². The Morgan fingerprint density at radius 2 is 2.28 bits per heavy atom. The number of halogens is 2. The lowest BCUT2D eigenvalue weighted by Gasteiger charge is -2.28. The van der Waals surface area contributed by atoms with E-state index in [0.717, 1.165) is 25.9 Å². The summed E-state index contributed by atoms with van der Waals surface area (Å²) in [5.74, 6) is 0.275. The number of nitrogens with zero attached hydrogens (tertiary/aromatic N) is 1. The minimum atomic E-state index is -0.205. The third-order valence-corrected chi connectivity index (χ3v) is 4.33. The smallest absolute Gasteiger partial charge is 0.137 e. The lowest BCUT2D eigenvalue weighted by Crippen LogP contribution is -2.28. The van der Waals surface area contributed by atoms with Crippen LogP contribution in [0.1, 0.15) is 31.4 Å². The van der Waals surface area contributed by atoms with Crippen LogP contribution in [0.3, 0.4) is 0 Å². The third kappa shape index (κ3) is 2.76. The number of likely N-dealkylation sites (tertiary alicyclic amines) is 1. The minimum Gasteiger partial charge on any atom is -0.330 e. The summed E-state index contributed by atoms with van der Waals surface area (Å²) in [5.41, 5.74) is 7.05. The Labute approximate surface area is 116 Å². The Morgan fingerprint density at radius 3 is 2.89 bits per heavy atom. The maximum absolute atomic E-state index is 13.3. The molecule has 1 saturated heterocycles. The molecule has 0 amide bonds. The van der Waals surface area contributed by atoms with E-state index in [-0.39, 0.29) is 5.82 Å². The van der Waals surface area contributed by atoms with Crippen molar-refractivity contribution in [3.8, 4) is 0 Å². The molecule has 0 spiro atoms. The lowest BCUT2D eigenvalue weighted by molar-refractivity contribution is 0.230. The molecule has 1 heterocycles. The van der Waals surface area contributed by atoms with Crippen molar-refractivity contribution in [3.63, 3.8) is 0 Å². The van der Waals surface area contributed by atoms with E-state index in [4.69, 9.17) is 5.73 Å². The van der Waals surface area contributed by atoms with Crippen LogP contribution < -0.4 is 5.73 Å². The zero-order chi connectivity index (χ0) is 13.1. The van der Waals surface area contributed by atoms with Crippen molar-refractivity contribution >= 4 is 15.9 Å². The zero-order valence-corrected chi connectivity index (χ0v) is 12.3. The average Bonchev–Trinajstić information content (AvgIpc) is 2.76. The second kappa shape index (κ2) is 6.13. The van der Waals surface area contributed by atoms with Crippen LogP contribution in [0.4, 0.5) is 4.39 Å². The summed E-state index contributed by atoms with van der Waals surface area (Å²) in [5, 5.41) is 0. The van der Waals surface area contributed by atoms with Crippen LogP contribution in [-0.4, -0.2) is 24.5 Å². The van der Waals surface area contributed by atoms with Gasteiger partial charge in [-0.3, -0.25) is 4.90 Å². The number of hydrogen-bond acceptors (Lipinski definition) is 2. The first-order valence-corrected chi connectivity index (χ1v) is 7.35. The van der Waals surface area contributed by atoms with Gasteiger partial charge in [0.2, 0.25) is 0 Å². The maximum atomic E-state index is 13.3. The molecule has 4 heteroatoms. The summed E-state index contributed by atoms with van der Waals surface area (Å²) in [7, 11) is 0. The quantitative estimate of drug-likeness (QED) is 0.923. The zero-order valence-electron chi connectivity index (χ0n) is 10.7. The Balaban J connectivity index is 2.28. The summed E-state index contributed by atoms with van der Waals surface area (Å²) in [6.45, 7) is 5.05. The molecule has 0 aromatic heterocycles. The number of nitrogens with two attached hydrogens (primary N) is 1. The van der Waals surface area contributed by atoms with Crippen LogP contribution in [0, 0.1) is 11.7 Å². The van der Waals surface area contributed by atoms with Gasteiger partial charge in [-0.2, -0.15) is 0 Å². The number of rotatable bonds is 4. The second-order valence-corrected chi connectivity index (χ2v) is 5.79. The van der Waals surface area contributed by atoms with Crippen molar-refractivity contribution in [1.29, 1.82) is 0 Å². The molecule has 1 aliphatic heterocycles. The van der Waals surface area contributed by atoms with E-state index in [2.05, 4.69) is 27.8 Å². The van der Waals surface area contributed by atoms with Gasteiger partial charge in [0.1, 0.15) is 5.82 Å². The summed E-state index contributed by atoms with van der Waals surface area (Å²) in [4.78, 5) is 2.47. The van der Waals surface area contributed by atoms with Crippen LogP contribution in [0.2, 0.25) is 0 Å². The van der Waals surface area contributed by atoms with Crippen molar-refractivity contribution in [2.75, 3.05) is 19.6 Å². The Morgan fingerprint density at radius 1 is 1.50 bits per heavy atom. The molecule has 2 unspecified atom stereocenters. The molecule has 0 bridgehead atoms. The standard InChI is InChI=1S/C14H20BrFN2/c1-2-6-18-7-5-11(9-17)14(18)10-3-4-13(16)12(15)8-10/h3-4,8,11,14H,2,5-7,9,17H2,1H3. The van der Waals surface area contributed by atoms with Crippen molar-refractivity contribution in [2.24, 2.45) is 11.7 Å². The molecule has 2 N–H and O–H groups in total. The largest absolute Gasteiger partial charge is 0.330 e. The summed E-state index contributed by atoms with van der Waals surface area (Å²) < 4.78 is 13.9. The molecule has 100 valence electrons. The van der Waals surface area contributed by atoms with Gasteiger partial charge in [0, 0.05) is 6.04 Å². The van der Waals surface area contributed by atoms with Crippen molar-refractivity contribution in [2.45, 2.75) is 25.8 Å². The summed E-state index contributed by atoms with van der Waals surface area (Å²) >= 11 is 3.27. The normalized spacial score (nSPS) is 24.7. The highest BCUT2D eigenvalue weighted by atomic mass is 79.9. The molecule has 2 rings (SSSR count). The fourth-order valence-corrected chi connectivity index (χ4v) is 3.29. The van der Waals surface area contributed by atoms with E-state index >= 15 is 0 Å². The second-order valence-electron chi connectivity index (χ2n) is 4.94. The van der Waals surface area contributed by atoms with Crippen LogP contribution in [-0.2, 0) is 0 Å². The fraction of sp³-hybridized carbons (Fsp3) is 0.571. The molecule has 1 aromatic carbocycles. The van der Waals surface area contributed by atoms with Crippen LogP contribution in [0.25, 0.3) is 0 Å². The van der Waals surface area contributed by atoms with Gasteiger partial charge in [-0.25, -0.2) is 4.39 Å². The van der Waals surface area contributed by atoms with Gasteiger partial charge in [-0.15, -0.1) is 0 Å². The first kappa shape index (κ1) is 14.0. The Hall–Kier alpha value is -0.450.